The minimum Gasteiger partial charge on any atom is -0.481 e. The van der Waals surface area contributed by atoms with Crippen LogP contribution in [-0.2, 0) is 9.59 Å². The fourth-order valence-electron chi connectivity index (χ4n) is 3.72. The number of thiocarbonyl (C=S) groups is 1. The first-order chi connectivity index (χ1) is 17.0. The highest BCUT2D eigenvalue weighted by molar-refractivity contribution is 7.80. The van der Waals surface area contributed by atoms with Gasteiger partial charge in [0.2, 0.25) is 5.91 Å². The second-order valence-corrected chi connectivity index (χ2v) is 8.36. The van der Waals surface area contributed by atoms with E-state index < -0.39 is 17.9 Å². The van der Waals surface area contributed by atoms with Gasteiger partial charge in [-0.3, -0.25) is 20.4 Å². The molecule has 6 nitrogen and oxygen atoms in total. The molecule has 0 fully saturated rings. The van der Waals surface area contributed by atoms with E-state index in [1.807, 2.05) is 103 Å². The maximum Gasteiger partial charge on any atom is 0.279 e. The Kier molecular flexibility index (Phi) is 7.70. The molecule has 3 N–H and O–H groups in total. The molecule has 1 atom stereocenters. The Morgan fingerprint density at radius 2 is 1.29 bits per heavy atom. The van der Waals surface area contributed by atoms with Gasteiger partial charge in [-0.15, -0.1) is 0 Å². The predicted molar refractivity (Wildman–Crippen MR) is 141 cm³/mol. The maximum atomic E-state index is 13.1. The quantitative estimate of drug-likeness (QED) is 0.279. The summed E-state index contributed by atoms with van der Waals surface area (Å²) < 4.78 is 5.77. The lowest BCUT2D eigenvalue weighted by Gasteiger charge is -2.19. The van der Waals surface area contributed by atoms with Gasteiger partial charge in [0, 0.05) is 0 Å². The molecule has 1 unspecified atom stereocenters. The predicted octanol–water partition coefficient (Wildman–Crippen LogP) is 4.46. The number of carbonyl (C=O) groups excluding carboxylic acids is 2. The standard InChI is InChI=1S/C28H25N3O3S/c1-19(34-24-17-16-20-10-8-9-15-23(20)18-24)26(32)30-31-28(35)29-27(33)25(21-11-4-2-5-12-21)22-13-6-3-7-14-22/h2-19,25H,1H3,(H,30,32)(H2,29,31,33,35). The van der Waals surface area contributed by atoms with Crippen LogP contribution < -0.4 is 20.9 Å². The van der Waals surface area contributed by atoms with Gasteiger partial charge in [-0.1, -0.05) is 91.0 Å². The zero-order valence-electron chi connectivity index (χ0n) is 19.1. The molecule has 2 amide bonds. The van der Waals surface area contributed by atoms with Gasteiger partial charge in [-0.05, 0) is 53.2 Å². The van der Waals surface area contributed by atoms with Crippen LogP contribution in [0, 0.1) is 0 Å². The number of carbonyl (C=O) groups is 2. The molecule has 176 valence electrons. The second kappa shape index (κ2) is 11.3. The molecule has 0 aliphatic rings. The number of fused-ring (bicyclic) bond motifs is 1. The van der Waals surface area contributed by atoms with Crippen molar-refractivity contribution in [1.82, 2.24) is 16.2 Å². The number of hydrogen-bond acceptors (Lipinski definition) is 4. The van der Waals surface area contributed by atoms with Crippen molar-refractivity contribution in [2.75, 3.05) is 0 Å². The molecule has 0 radical (unpaired) electrons. The first-order valence-electron chi connectivity index (χ1n) is 11.2. The Hall–Kier alpha value is -4.23. The minimum atomic E-state index is -0.788. The van der Waals surface area contributed by atoms with Gasteiger partial charge in [0.15, 0.2) is 11.2 Å². The largest absolute Gasteiger partial charge is 0.481 e. The average Bonchev–Trinajstić information content (AvgIpc) is 2.88. The summed E-state index contributed by atoms with van der Waals surface area (Å²) >= 11 is 5.24. The van der Waals surface area contributed by atoms with E-state index >= 15 is 0 Å². The molecular weight excluding hydrogens is 458 g/mol. The van der Waals surface area contributed by atoms with Crippen molar-refractivity contribution in [1.29, 1.82) is 0 Å². The van der Waals surface area contributed by atoms with Gasteiger partial charge >= 0.3 is 0 Å². The molecule has 7 heteroatoms. The first-order valence-corrected chi connectivity index (χ1v) is 11.6. The lowest BCUT2D eigenvalue weighted by atomic mass is 9.90. The molecule has 0 heterocycles. The number of hydrogen-bond donors (Lipinski definition) is 3. The molecule has 0 aliphatic carbocycles. The third-order valence-corrected chi connectivity index (χ3v) is 5.67. The Bertz CT molecular complexity index is 1290. The summed E-state index contributed by atoms with van der Waals surface area (Å²) in [7, 11) is 0. The Labute approximate surface area is 209 Å². The molecule has 4 aromatic carbocycles. The number of ether oxygens (including phenoxy) is 1. The summed E-state index contributed by atoms with van der Waals surface area (Å²) in [5.41, 5.74) is 6.75. The number of benzene rings is 4. The van der Waals surface area contributed by atoms with E-state index in [9.17, 15) is 9.59 Å². The fourth-order valence-corrected chi connectivity index (χ4v) is 3.87. The van der Waals surface area contributed by atoms with Gasteiger partial charge in [0.25, 0.3) is 5.91 Å². The van der Waals surface area contributed by atoms with Crippen LogP contribution >= 0.6 is 12.2 Å². The van der Waals surface area contributed by atoms with Crippen LogP contribution in [-0.4, -0.2) is 23.0 Å². The second-order valence-electron chi connectivity index (χ2n) is 7.96. The highest BCUT2D eigenvalue weighted by Crippen LogP contribution is 2.25. The molecule has 0 aromatic heterocycles. The van der Waals surface area contributed by atoms with E-state index in [1.54, 1.807) is 6.92 Å². The third-order valence-electron chi connectivity index (χ3n) is 5.47. The molecule has 0 bridgehead atoms. The topological polar surface area (TPSA) is 79.5 Å². The van der Waals surface area contributed by atoms with Crippen molar-refractivity contribution in [3.05, 3.63) is 114 Å². The van der Waals surface area contributed by atoms with Crippen LogP contribution in [0.15, 0.2) is 103 Å². The maximum absolute atomic E-state index is 13.1. The summed E-state index contributed by atoms with van der Waals surface area (Å²) in [6, 6.07) is 32.4. The van der Waals surface area contributed by atoms with E-state index in [4.69, 9.17) is 17.0 Å². The van der Waals surface area contributed by atoms with E-state index in [1.165, 1.54) is 0 Å². The Morgan fingerprint density at radius 3 is 1.91 bits per heavy atom. The third kappa shape index (κ3) is 6.22. The van der Waals surface area contributed by atoms with Crippen molar-refractivity contribution in [2.24, 2.45) is 0 Å². The van der Waals surface area contributed by atoms with Gasteiger partial charge in [0.05, 0.1) is 5.92 Å². The van der Waals surface area contributed by atoms with Crippen LogP contribution in [0.3, 0.4) is 0 Å². The highest BCUT2D eigenvalue weighted by Gasteiger charge is 2.23. The number of amides is 2. The highest BCUT2D eigenvalue weighted by atomic mass is 32.1. The molecule has 0 saturated heterocycles. The van der Waals surface area contributed by atoms with Crippen molar-refractivity contribution in [2.45, 2.75) is 18.9 Å². The number of rotatable bonds is 6. The van der Waals surface area contributed by atoms with Crippen LogP contribution in [0.25, 0.3) is 10.8 Å². The zero-order chi connectivity index (χ0) is 24.6. The summed E-state index contributed by atoms with van der Waals surface area (Å²) in [6.45, 7) is 1.63. The van der Waals surface area contributed by atoms with Gasteiger partial charge < -0.3 is 10.1 Å². The van der Waals surface area contributed by atoms with Gasteiger partial charge in [0.1, 0.15) is 5.75 Å². The Morgan fingerprint density at radius 1 is 0.714 bits per heavy atom. The Balaban J connectivity index is 1.34. The van der Waals surface area contributed by atoms with Gasteiger partial charge in [-0.2, -0.15) is 0 Å². The SMILES string of the molecule is CC(Oc1ccc2ccccc2c1)C(=O)NNC(=S)NC(=O)C(c1ccccc1)c1ccccc1. The van der Waals surface area contributed by atoms with Crippen molar-refractivity contribution in [3.63, 3.8) is 0 Å². The van der Waals surface area contributed by atoms with Crippen LogP contribution in [0.1, 0.15) is 24.0 Å². The molecule has 0 saturated carbocycles. The van der Waals surface area contributed by atoms with Crippen molar-refractivity contribution >= 4 is 39.9 Å². The average molecular weight is 484 g/mol. The summed E-state index contributed by atoms with van der Waals surface area (Å²) in [5.74, 6) is -0.717. The fraction of sp³-hybridized carbons (Fsp3) is 0.107. The molecule has 4 aromatic rings. The van der Waals surface area contributed by atoms with Crippen LogP contribution in [0.2, 0.25) is 0 Å². The number of nitrogens with one attached hydrogen (secondary N) is 3. The lowest BCUT2D eigenvalue weighted by molar-refractivity contribution is -0.128. The summed E-state index contributed by atoms with van der Waals surface area (Å²) in [5, 5.41) is 4.76. The number of hydrazine groups is 1. The van der Waals surface area contributed by atoms with Crippen molar-refractivity contribution in [3.8, 4) is 5.75 Å². The smallest absolute Gasteiger partial charge is 0.279 e. The van der Waals surface area contributed by atoms with Crippen LogP contribution in [0.4, 0.5) is 0 Å². The molecule has 35 heavy (non-hydrogen) atoms. The first kappa shape index (κ1) is 23.9. The van der Waals surface area contributed by atoms with E-state index in [0.29, 0.717) is 5.75 Å². The van der Waals surface area contributed by atoms with E-state index in [0.717, 1.165) is 21.9 Å². The van der Waals surface area contributed by atoms with E-state index in [2.05, 4.69) is 16.2 Å². The molecule has 4 rings (SSSR count). The van der Waals surface area contributed by atoms with Crippen LogP contribution in [0.5, 0.6) is 5.75 Å². The molecule has 0 aliphatic heterocycles. The van der Waals surface area contributed by atoms with E-state index in [-0.39, 0.29) is 11.0 Å². The van der Waals surface area contributed by atoms with Crippen molar-refractivity contribution < 1.29 is 14.3 Å². The summed E-state index contributed by atoms with van der Waals surface area (Å²) in [6.07, 6.45) is -0.788. The lowest BCUT2D eigenvalue weighted by Crippen LogP contribution is -2.52. The molecular formula is C28H25N3O3S. The summed E-state index contributed by atoms with van der Waals surface area (Å²) in [4.78, 5) is 25.6. The monoisotopic (exact) mass is 483 g/mol. The van der Waals surface area contributed by atoms with Gasteiger partial charge in [-0.25, -0.2) is 0 Å². The molecule has 0 spiro atoms. The minimum absolute atomic E-state index is 0.0156. The zero-order valence-corrected chi connectivity index (χ0v) is 19.9. The normalized spacial score (nSPS) is 11.5.